The van der Waals surface area contributed by atoms with Crippen LogP contribution in [0.25, 0.3) is 11.3 Å². The summed E-state index contributed by atoms with van der Waals surface area (Å²) in [6.45, 7) is 7.78. The molecule has 0 radical (unpaired) electrons. The van der Waals surface area contributed by atoms with Gasteiger partial charge in [0, 0.05) is 43.6 Å². The van der Waals surface area contributed by atoms with Crippen LogP contribution in [-0.4, -0.2) is 41.0 Å². The molecule has 2 heterocycles. The van der Waals surface area contributed by atoms with Crippen molar-refractivity contribution >= 4 is 5.91 Å². The number of oxazole rings is 1. The quantitative estimate of drug-likeness (QED) is 0.938. The summed E-state index contributed by atoms with van der Waals surface area (Å²) in [6.07, 6.45) is 0.975. The number of aromatic nitrogens is 1. The van der Waals surface area contributed by atoms with Gasteiger partial charge in [0.05, 0.1) is 5.69 Å². The Morgan fingerprint density at radius 1 is 1.33 bits per heavy atom. The van der Waals surface area contributed by atoms with Crippen molar-refractivity contribution in [1.82, 2.24) is 15.2 Å². The average Bonchev–Trinajstić information content (AvgIpc) is 2.97. The molecule has 1 aromatic heterocycles. The molecule has 1 saturated heterocycles. The molecule has 0 saturated carbocycles. The zero-order chi connectivity index (χ0) is 17.1. The molecule has 2 unspecified atom stereocenters. The molecule has 1 fully saturated rings. The van der Waals surface area contributed by atoms with E-state index in [1.165, 1.54) is 0 Å². The Morgan fingerprint density at radius 3 is 2.83 bits per heavy atom. The van der Waals surface area contributed by atoms with Crippen molar-refractivity contribution in [3.8, 4) is 11.3 Å². The van der Waals surface area contributed by atoms with Crippen LogP contribution in [0.5, 0.6) is 0 Å². The summed E-state index contributed by atoms with van der Waals surface area (Å²) in [5.74, 6) is 1.60. The van der Waals surface area contributed by atoms with Crippen molar-refractivity contribution in [3.05, 3.63) is 41.9 Å². The number of hydrogen-bond donors (Lipinski definition) is 1. The van der Waals surface area contributed by atoms with Gasteiger partial charge in [0.25, 0.3) is 0 Å². The molecule has 2 atom stereocenters. The van der Waals surface area contributed by atoms with Gasteiger partial charge in [-0.15, -0.1) is 0 Å². The van der Waals surface area contributed by atoms with Gasteiger partial charge >= 0.3 is 0 Å². The van der Waals surface area contributed by atoms with E-state index >= 15 is 0 Å². The minimum Gasteiger partial charge on any atom is -0.440 e. The number of carbonyl (C=O) groups excluding carboxylic acids is 1. The molecule has 0 bridgehead atoms. The van der Waals surface area contributed by atoms with Crippen LogP contribution < -0.4 is 5.32 Å². The van der Waals surface area contributed by atoms with Gasteiger partial charge in [-0.2, -0.15) is 0 Å². The summed E-state index contributed by atoms with van der Waals surface area (Å²) in [5, 5.41) is 3.39. The van der Waals surface area contributed by atoms with E-state index in [1.807, 2.05) is 42.2 Å². The molecule has 1 aliphatic rings. The van der Waals surface area contributed by atoms with Crippen molar-refractivity contribution < 1.29 is 9.21 Å². The predicted octanol–water partition coefficient (Wildman–Crippen LogP) is 2.79. The Hall–Kier alpha value is -2.14. The fourth-order valence-corrected chi connectivity index (χ4v) is 3.18. The lowest BCUT2D eigenvalue weighted by molar-refractivity contribution is -0.134. The minimum atomic E-state index is 0.174. The Labute approximate surface area is 143 Å². The van der Waals surface area contributed by atoms with Crippen molar-refractivity contribution in [2.75, 3.05) is 13.1 Å². The highest BCUT2D eigenvalue weighted by Gasteiger charge is 2.28. The third kappa shape index (κ3) is 3.51. The number of amides is 1. The standard InChI is InChI=1S/C19H25N3O2/c1-13-15(3)22(12-11-20-13)18(23)10-9-17-21-14(2)19(24-17)16-7-5-4-6-8-16/h4-8,13,15,20H,9-12H2,1-3H3. The van der Waals surface area contributed by atoms with E-state index in [0.29, 0.717) is 24.8 Å². The molecule has 2 aromatic rings. The van der Waals surface area contributed by atoms with Crippen LogP contribution in [0.2, 0.25) is 0 Å². The predicted molar refractivity (Wildman–Crippen MR) is 93.6 cm³/mol. The number of aryl methyl sites for hydroxylation is 2. The highest BCUT2D eigenvalue weighted by atomic mass is 16.4. The molecule has 0 aliphatic carbocycles. The Morgan fingerprint density at radius 2 is 2.08 bits per heavy atom. The fourth-order valence-electron chi connectivity index (χ4n) is 3.18. The molecular weight excluding hydrogens is 302 g/mol. The van der Waals surface area contributed by atoms with Crippen molar-refractivity contribution in [1.29, 1.82) is 0 Å². The highest BCUT2D eigenvalue weighted by molar-refractivity contribution is 5.77. The van der Waals surface area contributed by atoms with Gasteiger partial charge in [-0.05, 0) is 20.8 Å². The third-order valence-corrected chi connectivity index (χ3v) is 4.78. The first kappa shape index (κ1) is 16.7. The molecule has 128 valence electrons. The van der Waals surface area contributed by atoms with Gasteiger partial charge in [-0.1, -0.05) is 30.3 Å². The zero-order valence-electron chi connectivity index (χ0n) is 14.6. The van der Waals surface area contributed by atoms with E-state index in [1.54, 1.807) is 0 Å². The van der Waals surface area contributed by atoms with Gasteiger partial charge in [0.1, 0.15) is 0 Å². The van der Waals surface area contributed by atoms with Crippen LogP contribution in [-0.2, 0) is 11.2 Å². The number of carbonyl (C=O) groups is 1. The topological polar surface area (TPSA) is 58.4 Å². The lowest BCUT2D eigenvalue weighted by Gasteiger charge is -2.38. The third-order valence-electron chi connectivity index (χ3n) is 4.78. The van der Waals surface area contributed by atoms with Gasteiger partial charge in [-0.3, -0.25) is 4.79 Å². The molecule has 1 aliphatic heterocycles. The van der Waals surface area contributed by atoms with Gasteiger partial charge in [0.15, 0.2) is 11.7 Å². The molecule has 3 rings (SSSR count). The highest BCUT2D eigenvalue weighted by Crippen LogP contribution is 2.24. The van der Waals surface area contributed by atoms with E-state index in [4.69, 9.17) is 4.42 Å². The number of hydrogen-bond acceptors (Lipinski definition) is 4. The largest absolute Gasteiger partial charge is 0.440 e. The van der Waals surface area contributed by atoms with Gasteiger partial charge in [0.2, 0.25) is 5.91 Å². The van der Waals surface area contributed by atoms with Crippen LogP contribution in [0.4, 0.5) is 0 Å². The fraction of sp³-hybridized carbons (Fsp3) is 0.474. The number of piperazine rings is 1. The summed E-state index contributed by atoms with van der Waals surface area (Å²) in [5.41, 5.74) is 1.89. The maximum atomic E-state index is 12.5. The monoisotopic (exact) mass is 327 g/mol. The molecule has 1 N–H and O–H groups in total. The van der Waals surface area contributed by atoms with Gasteiger partial charge < -0.3 is 14.6 Å². The van der Waals surface area contributed by atoms with Gasteiger partial charge in [-0.25, -0.2) is 4.98 Å². The molecule has 1 amide bonds. The number of rotatable bonds is 4. The van der Waals surface area contributed by atoms with E-state index in [2.05, 4.69) is 24.1 Å². The first-order valence-corrected chi connectivity index (χ1v) is 8.61. The molecule has 1 aromatic carbocycles. The summed E-state index contributed by atoms with van der Waals surface area (Å²) in [7, 11) is 0. The summed E-state index contributed by atoms with van der Waals surface area (Å²) in [4.78, 5) is 19.0. The van der Waals surface area contributed by atoms with Crippen LogP contribution in [0.15, 0.2) is 34.7 Å². The van der Waals surface area contributed by atoms with E-state index in [-0.39, 0.29) is 11.9 Å². The molecule has 24 heavy (non-hydrogen) atoms. The number of nitrogens with one attached hydrogen (secondary N) is 1. The van der Waals surface area contributed by atoms with Crippen molar-refractivity contribution in [2.24, 2.45) is 0 Å². The molecule has 5 nitrogen and oxygen atoms in total. The summed E-state index contributed by atoms with van der Waals surface area (Å²) in [6, 6.07) is 10.5. The van der Waals surface area contributed by atoms with Crippen LogP contribution in [0.1, 0.15) is 31.9 Å². The summed E-state index contributed by atoms with van der Waals surface area (Å²) < 4.78 is 5.89. The second-order valence-electron chi connectivity index (χ2n) is 6.46. The maximum absolute atomic E-state index is 12.5. The SMILES string of the molecule is Cc1nc(CCC(=O)N2CCNC(C)C2C)oc1-c1ccccc1. The van der Waals surface area contributed by atoms with Crippen molar-refractivity contribution in [2.45, 2.75) is 45.7 Å². The first-order chi connectivity index (χ1) is 11.6. The Balaban J connectivity index is 1.64. The number of nitrogens with zero attached hydrogens (tertiary/aromatic N) is 2. The maximum Gasteiger partial charge on any atom is 0.223 e. The van der Waals surface area contributed by atoms with E-state index in [9.17, 15) is 4.79 Å². The molecule has 5 heteroatoms. The first-order valence-electron chi connectivity index (χ1n) is 8.61. The Kier molecular flexibility index (Phi) is 5.00. The summed E-state index contributed by atoms with van der Waals surface area (Å²) >= 11 is 0. The molecular formula is C19H25N3O2. The average molecular weight is 327 g/mol. The van der Waals surface area contributed by atoms with E-state index < -0.39 is 0 Å². The smallest absolute Gasteiger partial charge is 0.223 e. The van der Waals surface area contributed by atoms with Crippen LogP contribution >= 0.6 is 0 Å². The minimum absolute atomic E-state index is 0.174. The lowest BCUT2D eigenvalue weighted by atomic mass is 10.1. The molecule has 0 spiro atoms. The second kappa shape index (κ2) is 7.18. The van der Waals surface area contributed by atoms with Crippen LogP contribution in [0.3, 0.4) is 0 Å². The lowest BCUT2D eigenvalue weighted by Crippen LogP contribution is -2.57. The normalized spacial score (nSPS) is 21.0. The van der Waals surface area contributed by atoms with Crippen molar-refractivity contribution in [3.63, 3.8) is 0 Å². The van der Waals surface area contributed by atoms with E-state index in [0.717, 1.165) is 30.1 Å². The second-order valence-corrected chi connectivity index (χ2v) is 6.46. The Bertz CT molecular complexity index is 696. The number of benzene rings is 1. The zero-order valence-corrected chi connectivity index (χ0v) is 14.6. The van der Waals surface area contributed by atoms with Crippen LogP contribution in [0, 0.1) is 6.92 Å².